The first kappa shape index (κ1) is 30.9. The van der Waals surface area contributed by atoms with Crippen molar-refractivity contribution in [2.24, 2.45) is 11.3 Å². The van der Waals surface area contributed by atoms with E-state index in [1.807, 2.05) is 13.8 Å². The number of hydrogen-bond donors (Lipinski definition) is 2. The van der Waals surface area contributed by atoms with E-state index in [1.165, 1.54) is 51.4 Å². The SMILES string of the molecule is CCCCCC(CCCC)CCCOC(=O)C(C)(C)CCCCCCOC(=O)[C@@H]1C[C@H](O)CN1. The van der Waals surface area contributed by atoms with Gasteiger partial charge in [-0.1, -0.05) is 78.1 Å². The van der Waals surface area contributed by atoms with Crippen molar-refractivity contribution in [1.82, 2.24) is 5.32 Å². The third-order valence-electron chi connectivity index (χ3n) is 7.06. The van der Waals surface area contributed by atoms with Crippen molar-refractivity contribution in [1.29, 1.82) is 0 Å². The molecule has 1 fully saturated rings. The van der Waals surface area contributed by atoms with E-state index in [1.54, 1.807) is 0 Å². The van der Waals surface area contributed by atoms with Gasteiger partial charge in [0.2, 0.25) is 0 Å². The molecular formula is C28H53NO5. The smallest absolute Gasteiger partial charge is 0.323 e. The minimum atomic E-state index is -0.454. The molecule has 34 heavy (non-hydrogen) atoms. The van der Waals surface area contributed by atoms with Crippen LogP contribution in [0.1, 0.15) is 124 Å². The van der Waals surface area contributed by atoms with Gasteiger partial charge in [-0.25, -0.2) is 0 Å². The van der Waals surface area contributed by atoms with Crippen LogP contribution in [-0.4, -0.2) is 48.9 Å². The molecule has 1 unspecified atom stereocenters. The summed E-state index contributed by atoms with van der Waals surface area (Å²) < 4.78 is 10.9. The molecule has 0 aromatic carbocycles. The third kappa shape index (κ3) is 13.7. The second-order valence-corrected chi connectivity index (χ2v) is 10.8. The van der Waals surface area contributed by atoms with Crippen molar-refractivity contribution in [3.05, 3.63) is 0 Å². The largest absolute Gasteiger partial charge is 0.465 e. The van der Waals surface area contributed by atoms with Crippen molar-refractivity contribution >= 4 is 11.9 Å². The number of unbranched alkanes of at least 4 members (excludes halogenated alkanes) is 6. The summed E-state index contributed by atoms with van der Waals surface area (Å²) >= 11 is 0. The highest BCUT2D eigenvalue weighted by Gasteiger charge is 2.30. The number of β-amino-alcohol motifs (C(OH)–C–C–N with tert-alkyl or cyclic N) is 1. The molecule has 6 heteroatoms. The molecule has 3 atom stereocenters. The van der Waals surface area contributed by atoms with Crippen LogP contribution < -0.4 is 5.32 Å². The lowest BCUT2D eigenvalue weighted by Gasteiger charge is -2.23. The summed E-state index contributed by atoms with van der Waals surface area (Å²) in [4.78, 5) is 24.5. The number of carbonyl (C=O) groups excluding carboxylic acids is 2. The molecule has 200 valence electrons. The second-order valence-electron chi connectivity index (χ2n) is 10.8. The van der Waals surface area contributed by atoms with Crippen LogP contribution in [0, 0.1) is 11.3 Å². The summed E-state index contributed by atoms with van der Waals surface area (Å²) in [6, 6.07) is -0.370. The number of hydrogen-bond acceptors (Lipinski definition) is 6. The lowest BCUT2D eigenvalue weighted by Crippen LogP contribution is -2.32. The van der Waals surface area contributed by atoms with Gasteiger partial charge >= 0.3 is 11.9 Å². The molecule has 0 aliphatic carbocycles. The van der Waals surface area contributed by atoms with Gasteiger partial charge in [0.15, 0.2) is 0 Å². The Morgan fingerprint density at radius 2 is 1.53 bits per heavy atom. The van der Waals surface area contributed by atoms with Crippen molar-refractivity contribution in [2.45, 2.75) is 136 Å². The zero-order chi connectivity index (χ0) is 25.2. The van der Waals surface area contributed by atoms with Gasteiger partial charge in [0, 0.05) is 13.0 Å². The maximum absolute atomic E-state index is 12.6. The number of esters is 2. The van der Waals surface area contributed by atoms with Crippen molar-refractivity contribution in [2.75, 3.05) is 19.8 Å². The first-order valence-corrected chi connectivity index (χ1v) is 14.1. The molecule has 0 bridgehead atoms. The molecule has 0 aromatic heterocycles. The quantitative estimate of drug-likeness (QED) is 0.165. The first-order valence-electron chi connectivity index (χ1n) is 14.1. The number of rotatable bonds is 20. The van der Waals surface area contributed by atoms with E-state index in [0.717, 1.165) is 44.4 Å². The summed E-state index contributed by atoms with van der Waals surface area (Å²) in [5, 5.41) is 12.4. The third-order valence-corrected chi connectivity index (χ3v) is 7.06. The maximum Gasteiger partial charge on any atom is 0.323 e. The van der Waals surface area contributed by atoms with Gasteiger partial charge in [0.1, 0.15) is 6.04 Å². The van der Waals surface area contributed by atoms with Crippen molar-refractivity contribution in [3.63, 3.8) is 0 Å². The second kappa shape index (κ2) is 18.2. The van der Waals surface area contributed by atoms with Gasteiger partial charge in [0.25, 0.3) is 0 Å². The summed E-state index contributed by atoms with van der Waals surface area (Å²) in [6.07, 6.45) is 15.8. The Balaban J connectivity index is 2.11. The highest BCUT2D eigenvalue weighted by atomic mass is 16.5. The van der Waals surface area contributed by atoms with Gasteiger partial charge in [-0.15, -0.1) is 0 Å². The first-order chi connectivity index (χ1) is 16.3. The zero-order valence-corrected chi connectivity index (χ0v) is 22.5. The van der Waals surface area contributed by atoms with Crippen molar-refractivity contribution < 1.29 is 24.2 Å². The predicted octanol–water partition coefficient (Wildman–Crippen LogP) is 5.94. The van der Waals surface area contributed by atoms with Gasteiger partial charge in [-0.3, -0.25) is 9.59 Å². The van der Waals surface area contributed by atoms with E-state index < -0.39 is 11.5 Å². The summed E-state index contributed by atoms with van der Waals surface area (Å²) in [7, 11) is 0. The molecule has 0 radical (unpaired) electrons. The Morgan fingerprint density at radius 1 is 0.882 bits per heavy atom. The van der Waals surface area contributed by atoms with Crippen LogP contribution >= 0.6 is 0 Å². The summed E-state index contributed by atoms with van der Waals surface area (Å²) in [5.74, 6) is 0.431. The Hall–Kier alpha value is -1.14. The number of nitrogens with one attached hydrogen (secondary N) is 1. The van der Waals surface area contributed by atoms with Crippen molar-refractivity contribution in [3.8, 4) is 0 Å². The van der Waals surface area contributed by atoms with E-state index in [2.05, 4.69) is 19.2 Å². The number of ether oxygens (including phenoxy) is 2. The molecule has 1 aliphatic rings. The van der Waals surface area contributed by atoms with E-state index in [4.69, 9.17) is 9.47 Å². The maximum atomic E-state index is 12.6. The molecule has 0 spiro atoms. The molecule has 6 nitrogen and oxygen atoms in total. The molecule has 0 aromatic rings. The average molecular weight is 484 g/mol. The fraction of sp³-hybridized carbons (Fsp3) is 0.929. The fourth-order valence-corrected chi connectivity index (χ4v) is 4.64. The van der Waals surface area contributed by atoms with Crippen LogP contribution in [0.25, 0.3) is 0 Å². The Bertz CT molecular complexity index is 551. The highest BCUT2D eigenvalue weighted by molar-refractivity contribution is 5.76. The summed E-state index contributed by atoms with van der Waals surface area (Å²) in [6.45, 7) is 9.87. The molecule has 1 saturated heterocycles. The van der Waals surface area contributed by atoms with E-state index in [0.29, 0.717) is 26.2 Å². The molecule has 1 heterocycles. The van der Waals surface area contributed by atoms with Crippen LogP contribution in [0.15, 0.2) is 0 Å². The van der Waals surface area contributed by atoms with Crippen LogP contribution in [-0.2, 0) is 19.1 Å². The van der Waals surface area contributed by atoms with Crippen LogP contribution in [0.2, 0.25) is 0 Å². The highest BCUT2D eigenvalue weighted by Crippen LogP contribution is 2.27. The van der Waals surface area contributed by atoms with Gasteiger partial charge in [-0.05, 0) is 45.4 Å². The van der Waals surface area contributed by atoms with Crippen LogP contribution in [0.5, 0.6) is 0 Å². The lowest BCUT2D eigenvalue weighted by molar-refractivity contribution is -0.154. The van der Waals surface area contributed by atoms with E-state index in [-0.39, 0.29) is 18.0 Å². The number of aliphatic hydroxyl groups is 1. The lowest BCUT2D eigenvalue weighted by atomic mass is 9.87. The van der Waals surface area contributed by atoms with Gasteiger partial charge < -0.3 is 19.9 Å². The number of aliphatic hydroxyl groups excluding tert-OH is 1. The zero-order valence-electron chi connectivity index (χ0n) is 22.5. The Labute approximate surface area is 208 Å². The van der Waals surface area contributed by atoms with Gasteiger partial charge in [0.05, 0.1) is 24.7 Å². The monoisotopic (exact) mass is 483 g/mol. The van der Waals surface area contributed by atoms with Gasteiger partial charge in [-0.2, -0.15) is 0 Å². The topological polar surface area (TPSA) is 84.9 Å². The Kier molecular flexibility index (Phi) is 16.5. The van der Waals surface area contributed by atoms with Crippen LogP contribution in [0.4, 0.5) is 0 Å². The van der Waals surface area contributed by atoms with E-state index in [9.17, 15) is 14.7 Å². The minimum Gasteiger partial charge on any atom is -0.465 e. The summed E-state index contributed by atoms with van der Waals surface area (Å²) in [5.41, 5.74) is -0.454. The fourth-order valence-electron chi connectivity index (χ4n) is 4.64. The Morgan fingerprint density at radius 3 is 2.21 bits per heavy atom. The van der Waals surface area contributed by atoms with Crippen LogP contribution in [0.3, 0.4) is 0 Å². The molecule has 1 rings (SSSR count). The normalized spacial score (nSPS) is 19.2. The molecule has 0 amide bonds. The van der Waals surface area contributed by atoms with E-state index >= 15 is 0 Å². The predicted molar refractivity (Wildman–Crippen MR) is 138 cm³/mol. The minimum absolute atomic E-state index is 0.0798. The average Bonchev–Trinajstić information content (AvgIpc) is 3.25. The number of carbonyl (C=O) groups is 2. The molecule has 0 saturated carbocycles. The molecule has 1 aliphatic heterocycles. The standard InChI is InChI=1S/C28H53NO5/c1-5-7-11-16-23(15-8-6-2)17-14-20-34-27(32)28(3,4)18-12-9-10-13-19-33-26(31)25-21-24(30)22-29-25/h23-25,29-30H,5-22H2,1-4H3/t23?,24-,25-/m0/s1. The molecular weight excluding hydrogens is 430 g/mol. The molecule has 2 N–H and O–H groups in total.